The maximum Gasteiger partial charge on any atom is 0.251 e. The molecule has 2 N–H and O–H groups in total. The zero-order valence-corrected chi connectivity index (χ0v) is 16.9. The molecule has 0 bridgehead atoms. The third-order valence-electron chi connectivity index (χ3n) is 3.89. The molecule has 0 spiro atoms. The lowest BCUT2D eigenvalue weighted by atomic mass is 10.1. The van der Waals surface area contributed by atoms with Crippen molar-refractivity contribution in [2.45, 2.75) is 37.8 Å². The molecule has 6 nitrogen and oxygen atoms in total. The summed E-state index contributed by atoms with van der Waals surface area (Å²) in [5.74, 6) is 2.69. The van der Waals surface area contributed by atoms with Crippen LogP contribution in [0, 0.1) is 12.3 Å². The molecule has 0 aliphatic rings. The summed E-state index contributed by atoms with van der Waals surface area (Å²) >= 11 is 0. The Morgan fingerprint density at radius 2 is 1.68 bits per heavy atom. The molecule has 1 unspecified atom stereocenters. The van der Waals surface area contributed by atoms with E-state index in [1.165, 1.54) is 24.3 Å². The van der Waals surface area contributed by atoms with Gasteiger partial charge < -0.3 is 10.1 Å². The smallest absolute Gasteiger partial charge is 0.251 e. The van der Waals surface area contributed by atoms with Gasteiger partial charge in [-0.25, -0.2) is 8.42 Å². The topological polar surface area (TPSA) is 84.5 Å². The van der Waals surface area contributed by atoms with E-state index >= 15 is 0 Å². The number of amides is 1. The Bertz CT molecular complexity index is 943. The first-order valence-corrected chi connectivity index (χ1v) is 10.3. The molecule has 2 aromatic carbocycles. The van der Waals surface area contributed by atoms with Gasteiger partial charge in [-0.05, 0) is 62.7 Å². The van der Waals surface area contributed by atoms with Crippen molar-refractivity contribution in [3.8, 4) is 18.1 Å². The van der Waals surface area contributed by atoms with Gasteiger partial charge in [0.25, 0.3) is 5.91 Å². The predicted molar refractivity (Wildman–Crippen MR) is 109 cm³/mol. The van der Waals surface area contributed by atoms with Crippen molar-refractivity contribution in [3.05, 3.63) is 59.7 Å². The second kappa shape index (κ2) is 9.40. The first kappa shape index (κ1) is 21.5. The second-order valence-corrected chi connectivity index (χ2v) is 8.25. The highest BCUT2D eigenvalue weighted by atomic mass is 32.2. The maximum absolute atomic E-state index is 12.4. The molecular weight excluding hydrogens is 376 g/mol. The van der Waals surface area contributed by atoms with Crippen molar-refractivity contribution >= 4 is 15.9 Å². The Morgan fingerprint density at radius 1 is 1.07 bits per heavy atom. The van der Waals surface area contributed by atoms with E-state index in [0.717, 1.165) is 11.3 Å². The minimum Gasteiger partial charge on any atom is -0.491 e. The second-order valence-electron chi connectivity index (χ2n) is 6.48. The average Bonchev–Trinajstić information content (AvgIpc) is 2.66. The van der Waals surface area contributed by atoms with Crippen molar-refractivity contribution < 1.29 is 17.9 Å². The van der Waals surface area contributed by atoms with Crippen LogP contribution in [-0.4, -0.2) is 27.0 Å². The number of carbonyl (C=O) groups is 1. The van der Waals surface area contributed by atoms with Crippen molar-refractivity contribution in [3.63, 3.8) is 0 Å². The summed E-state index contributed by atoms with van der Waals surface area (Å²) in [6.07, 6.45) is 5.16. The molecule has 0 aromatic heterocycles. The van der Waals surface area contributed by atoms with Crippen LogP contribution in [0.2, 0.25) is 0 Å². The van der Waals surface area contributed by atoms with Crippen LogP contribution in [0.5, 0.6) is 5.75 Å². The van der Waals surface area contributed by atoms with Gasteiger partial charge in [-0.3, -0.25) is 4.79 Å². The van der Waals surface area contributed by atoms with Gasteiger partial charge in [-0.15, -0.1) is 6.42 Å². The van der Waals surface area contributed by atoms with Crippen LogP contribution in [0.15, 0.2) is 53.4 Å². The summed E-state index contributed by atoms with van der Waals surface area (Å²) in [6.45, 7) is 5.69. The van der Waals surface area contributed by atoms with Crippen molar-refractivity contribution in [1.82, 2.24) is 10.0 Å². The lowest BCUT2D eigenvalue weighted by Gasteiger charge is -2.16. The number of ether oxygens (including phenoxy) is 1. The monoisotopic (exact) mass is 400 g/mol. The fourth-order valence-electron chi connectivity index (χ4n) is 2.48. The average molecular weight is 401 g/mol. The van der Waals surface area contributed by atoms with Crippen molar-refractivity contribution in [1.29, 1.82) is 0 Å². The van der Waals surface area contributed by atoms with E-state index in [9.17, 15) is 13.2 Å². The fourth-order valence-corrected chi connectivity index (χ4v) is 3.41. The lowest BCUT2D eigenvalue weighted by Crippen LogP contribution is -2.27. The highest BCUT2D eigenvalue weighted by Gasteiger charge is 2.15. The largest absolute Gasteiger partial charge is 0.491 e. The first-order valence-electron chi connectivity index (χ1n) is 8.83. The highest BCUT2D eigenvalue weighted by molar-refractivity contribution is 7.89. The van der Waals surface area contributed by atoms with E-state index in [4.69, 9.17) is 11.2 Å². The minimum absolute atomic E-state index is 0.0492. The van der Waals surface area contributed by atoms with Gasteiger partial charge in [-0.1, -0.05) is 18.1 Å². The Hall–Kier alpha value is -2.82. The molecule has 0 aliphatic heterocycles. The Balaban J connectivity index is 2.03. The Morgan fingerprint density at radius 3 is 2.21 bits per heavy atom. The minimum atomic E-state index is -3.68. The number of nitrogens with one attached hydrogen (secondary N) is 2. The summed E-state index contributed by atoms with van der Waals surface area (Å²) in [5, 5.41) is 2.89. The van der Waals surface area contributed by atoms with Crippen LogP contribution in [0.3, 0.4) is 0 Å². The van der Waals surface area contributed by atoms with Gasteiger partial charge in [0.2, 0.25) is 10.0 Å². The lowest BCUT2D eigenvalue weighted by molar-refractivity contribution is 0.0940. The first-order chi connectivity index (χ1) is 13.2. The summed E-state index contributed by atoms with van der Waals surface area (Å²) in [6, 6.07) is 13.0. The summed E-state index contributed by atoms with van der Waals surface area (Å²) in [4.78, 5) is 12.5. The highest BCUT2D eigenvalue weighted by Crippen LogP contribution is 2.19. The molecule has 148 valence electrons. The zero-order chi connectivity index (χ0) is 20.7. The van der Waals surface area contributed by atoms with E-state index in [1.807, 2.05) is 45.0 Å². The van der Waals surface area contributed by atoms with E-state index in [-0.39, 0.29) is 29.5 Å². The van der Waals surface area contributed by atoms with Crippen LogP contribution in [0.1, 0.15) is 42.7 Å². The molecule has 0 fully saturated rings. The molecule has 0 aliphatic carbocycles. The van der Waals surface area contributed by atoms with Gasteiger partial charge >= 0.3 is 0 Å². The van der Waals surface area contributed by atoms with E-state index < -0.39 is 10.0 Å². The third kappa shape index (κ3) is 5.84. The van der Waals surface area contributed by atoms with E-state index in [1.54, 1.807) is 0 Å². The molecule has 7 heteroatoms. The van der Waals surface area contributed by atoms with Gasteiger partial charge in [0, 0.05) is 5.56 Å². The van der Waals surface area contributed by atoms with E-state index in [2.05, 4.69) is 16.0 Å². The normalized spacial score (nSPS) is 12.2. The van der Waals surface area contributed by atoms with Crippen LogP contribution in [-0.2, 0) is 10.0 Å². The van der Waals surface area contributed by atoms with Crippen molar-refractivity contribution in [2.75, 3.05) is 6.54 Å². The molecule has 1 atom stereocenters. The molecule has 28 heavy (non-hydrogen) atoms. The molecular formula is C21H24N2O4S. The maximum atomic E-state index is 12.4. The van der Waals surface area contributed by atoms with Crippen molar-refractivity contribution in [2.24, 2.45) is 0 Å². The molecule has 0 saturated heterocycles. The number of carbonyl (C=O) groups excluding carboxylic acids is 1. The number of sulfonamides is 1. The van der Waals surface area contributed by atoms with Gasteiger partial charge in [0.1, 0.15) is 5.75 Å². The molecule has 2 aromatic rings. The van der Waals surface area contributed by atoms with Crippen LogP contribution < -0.4 is 14.8 Å². The summed E-state index contributed by atoms with van der Waals surface area (Å²) < 4.78 is 31.9. The van der Waals surface area contributed by atoms with Crippen LogP contribution >= 0.6 is 0 Å². The van der Waals surface area contributed by atoms with E-state index in [0.29, 0.717) is 5.56 Å². The predicted octanol–water partition coefficient (Wildman–Crippen LogP) is 2.88. The van der Waals surface area contributed by atoms with Gasteiger partial charge in [0.05, 0.1) is 23.6 Å². The number of benzene rings is 2. The zero-order valence-electron chi connectivity index (χ0n) is 16.1. The molecule has 1 amide bonds. The van der Waals surface area contributed by atoms with Crippen LogP contribution in [0.25, 0.3) is 0 Å². The summed E-state index contributed by atoms with van der Waals surface area (Å²) in [7, 11) is -3.68. The summed E-state index contributed by atoms with van der Waals surface area (Å²) in [5.41, 5.74) is 1.30. The van der Waals surface area contributed by atoms with Gasteiger partial charge in [0.15, 0.2) is 0 Å². The third-order valence-corrected chi connectivity index (χ3v) is 5.31. The number of rotatable bonds is 8. The Labute approximate surface area is 166 Å². The SMILES string of the molecule is C#CCNS(=O)(=O)c1ccc(C(=O)NC(C)c2ccc(OC(C)C)cc2)cc1. The number of hydrogen-bond acceptors (Lipinski definition) is 4. The molecule has 0 heterocycles. The van der Waals surface area contributed by atoms with Gasteiger partial charge in [-0.2, -0.15) is 4.72 Å². The Kier molecular flexibility index (Phi) is 7.21. The molecule has 0 radical (unpaired) electrons. The fraction of sp³-hybridized carbons (Fsp3) is 0.286. The molecule has 0 saturated carbocycles. The quantitative estimate of drug-likeness (QED) is 0.668. The molecule has 2 rings (SSSR count). The number of hydrogen-bond donors (Lipinski definition) is 2. The number of terminal acetylenes is 1. The van der Waals surface area contributed by atoms with Crippen LogP contribution in [0.4, 0.5) is 0 Å². The standard InChI is InChI=1S/C21H24N2O4S/c1-5-14-22-28(25,26)20-12-8-18(9-13-20)21(24)23-16(4)17-6-10-19(11-7-17)27-15(2)3/h1,6-13,15-16,22H,14H2,2-4H3,(H,23,24).